The molecule has 4 rings (SSSR count). The summed E-state index contributed by atoms with van der Waals surface area (Å²) in [5.74, 6) is -0.859. The molecule has 174 valence electrons. The van der Waals surface area contributed by atoms with Crippen molar-refractivity contribution in [2.75, 3.05) is 44.7 Å². The van der Waals surface area contributed by atoms with Crippen LogP contribution in [0.2, 0.25) is 5.02 Å². The van der Waals surface area contributed by atoms with Crippen molar-refractivity contribution in [2.24, 2.45) is 5.92 Å². The summed E-state index contributed by atoms with van der Waals surface area (Å²) >= 11 is 6.02. The molecule has 0 aliphatic carbocycles. The second-order valence-corrected chi connectivity index (χ2v) is 8.73. The van der Waals surface area contributed by atoms with Crippen LogP contribution < -0.4 is 9.64 Å². The third-order valence-electron chi connectivity index (χ3n) is 6.14. The first-order chi connectivity index (χ1) is 15.8. The monoisotopic (exact) mass is 473 g/mol. The van der Waals surface area contributed by atoms with Gasteiger partial charge in [-0.3, -0.25) is 14.4 Å². The Bertz CT molecular complexity index is 1100. The molecule has 33 heavy (non-hydrogen) atoms. The Morgan fingerprint density at radius 3 is 2.42 bits per heavy atom. The van der Waals surface area contributed by atoms with Gasteiger partial charge >= 0.3 is 0 Å². The van der Waals surface area contributed by atoms with Gasteiger partial charge in [0.1, 0.15) is 11.6 Å². The predicted octanol–water partition coefficient (Wildman–Crippen LogP) is 3.13. The fourth-order valence-electron chi connectivity index (χ4n) is 4.34. The van der Waals surface area contributed by atoms with E-state index in [4.69, 9.17) is 16.3 Å². The zero-order valence-electron chi connectivity index (χ0n) is 18.5. The topological polar surface area (TPSA) is 70.2 Å². The van der Waals surface area contributed by atoms with Crippen molar-refractivity contribution < 1.29 is 23.5 Å². The Hall–Kier alpha value is -3.13. The Morgan fingerprint density at radius 2 is 1.76 bits per heavy atom. The molecule has 2 aliphatic rings. The quantitative estimate of drug-likeness (QED) is 0.684. The van der Waals surface area contributed by atoms with Gasteiger partial charge in [0.15, 0.2) is 0 Å². The number of carbonyl (C=O) groups excluding carboxylic acids is 3. The molecular formula is C24H25ClFN3O4. The number of hydrogen-bond acceptors (Lipinski definition) is 4. The summed E-state index contributed by atoms with van der Waals surface area (Å²) in [4.78, 5) is 43.5. The summed E-state index contributed by atoms with van der Waals surface area (Å²) < 4.78 is 18.7. The lowest BCUT2D eigenvalue weighted by molar-refractivity contribution is -0.137. The zero-order chi connectivity index (χ0) is 23.7. The van der Waals surface area contributed by atoms with Crippen molar-refractivity contribution in [2.45, 2.75) is 13.3 Å². The summed E-state index contributed by atoms with van der Waals surface area (Å²) in [7, 11) is 1.55. The summed E-state index contributed by atoms with van der Waals surface area (Å²) in [5, 5.41) is 0.0645. The number of nitrogens with zero attached hydrogens (tertiary/aromatic N) is 3. The number of hydrogen-bond donors (Lipinski definition) is 0. The molecule has 9 heteroatoms. The van der Waals surface area contributed by atoms with E-state index in [1.807, 2.05) is 25.1 Å². The molecule has 0 spiro atoms. The molecule has 2 fully saturated rings. The van der Waals surface area contributed by atoms with Crippen LogP contribution in [0.4, 0.5) is 10.1 Å². The van der Waals surface area contributed by atoms with Crippen LogP contribution in [0.3, 0.4) is 0 Å². The average Bonchev–Trinajstić information content (AvgIpc) is 3.19. The van der Waals surface area contributed by atoms with Crippen molar-refractivity contribution in [3.63, 3.8) is 0 Å². The highest BCUT2D eigenvalue weighted by Gasteiger charge is 2.39. The minimum atomic E-state index is -0.504. The lowest BCUT2D eigenvalue weighted by Crippen LogP contribution is -2.52. The van der Waals surface area contributed by atoms with Crippen LogP contribution in [0, 0.1) is 18.7 Å². The van der Waals surface area contributed by atoms with Crippen LogP contribution in [-0.4, -0.2) is 67.4 Å². The maximum atomic E-state index is 13.3. The van der Waals surface area contributed by atoms with E-state index >= 15 is 0 Å². The second kappa shape index (κ2) is 9.39. The lowest BCUT2D eigenvalue weighted by atomic mass is 10.1. The van der Waals surface area contributed by atoms with Gasteiger partial charge in [0.05, 0.1) is 29.3 Å². The minimum absolute atomic E-state index is 0.0645. The van der Waals surface area contributed by atoms with Crippen molar-refractivity contribution in [1.82, 2.24) is 9.80 Å². The standard InChI is InChI=1S/C24H25ClFN3O4/c1-15-3-6-21(33-2)20(11-15)29-14-16(12-22(29)30)23(31)27-7-9-28(10-8-27)24(32)18-5-4-17(26)13-19(18)25/h3-6,11,13,16H,7-10,12,14H2,1-2H3. The molecule has 2 heterocycles. The highest BCUT2D eigenvalue weighted by atomic mass is 35.5. The number of ether oxygens (including phenoxy) is 1. The van der Waals surface area contributed by atoms with Gasteiger partial charge in [-0.25, -0.2) is 4.39 Å². The van der Waals surface area contributed by atoms with Gasteiger partial charge < -0.3 is 19.4 Å². The fraction of sp³-hybridized carbons (Fsp3) is 0.375. The van der Waals surface area contributed by atoms with Crippen LogP contribution in [0.25, 0.3) is 0 Å². The van der Waals surface area contributed by atoms with Crippen LogP contribution >= 0.6 is 11.6 Å². The van der Waals surface area contributed by atoms with Gasteiger partial charge in [-0.2, -0.15) is 0 Å². The maximum absolute atomic E-state index is 13.3. The SMILES string of the molecule is COc1ccc(C)cc1N1CC(C(=O)N2CCN(C(=O)c3ccc(F)cc3Cl)CC2)CC1=O. The number of anilines is 1. The molecule has 2 aliphatic heterocycles. The Morgan fingerprint density at radius 1 is 1.06 bits per heavy atom. The Kier molecular flexibility index (Phi) is 6.56. The van der Waals surface area contributed by atoms with Gasteiger partial charge in [0, 0.05) is 39.1 Å². The lowest BCUT2D eigenvalue weighted by Gasteiger charge is -2.36. The number of methoxy groups -OCH3 is 1. The number of rotatable bonds is 4. The molecule has 7 nitrogen and oxygen atoms in total. The fourth-order valence-corrected chi connectivity index (χ4v) is 4.59. The molecule has 0 radical (unpaired) electrons. The number of carbonyl (C=O) groups is 3. The summed E-state index contributed by atoms with van der Waals surface area (Å²) in [6.07, 6.45) is 0.139. The first-order valence-corrected chi connectivity index (χ1v) is 11.1. The van der Waals surface area contributed by atoms with Gasteiger partial charge in [0.2, 0.25) is 11.8 Å². The number of piperazine rings is 1. The third-order valence-corrected chi connectivity index (χ3v) is 6.45. The highest BCUT2D eigenvalue weighted by Crippen LogP contribution is 2.34. The predicted molar refractivity (Wildman–Crippen MR) is 122 cm³/mol. The summed E-state index contributed by atoms with van der Waals surface area (Å²) in [5.41, 5.74) is 1.90. The molecule has 0 aromatic heterocycles. The van der Waals surface area contributed by atoms with E-state index in [1.54, 1.807) is 21.8 Å². The van der Waals surface area contributed by atoms with E-state index in [9.17, 15) is 18.8 Å². The van der Waals surface area contributed by atoms with E-state index in [1.165, 1.54) is 12.1 Å². The average molecular weight is 474 g/mol. The van der Waals surface area contributed by atoms with Gasteiger partial charge in [-0.1, -0.05) is 17.7 Å². The molecule has 2 aromatic rings. The smallest absolute Gasteiger partial charge is 0.255 e. The molecular weight excluding hydrogens is 449 g/mol. The molecule has 0 bridgehead atoms. The molecule has 3 amide bonds. The van der Waals surface area contributed by atoms with E-state index in [0.717, 1.165) is 11.6 Å². The third kappa shape index (κ3) is 4.66. The van der Waals surface area contributed by atoms with Crippen molar-refractivity contribution in [1.29, 1.82) is 0 Å². The van der Waals surface area contributed by atoms with Crippen LogP contribution in [0.15, 0.2) is 36.4 Å². The highest BCUT2D eigenvalue weighted by molar-refractivity contribution is 6.33. The Labute approximate surface area is 196 Å². The van der Waals surface area contributed by atoms with Crippen LogP contribution in [0.5, 0.6) is 5.75 Å². The van der Waals surface area contributed by atoms with Gasteiger partial charge in [-0.15, -0.1) is 0 Å². The number of aryl methyl sites for hydroxylation is 1. The van der Waals surface area contributed by atoms with Crippen LogP contribution in [-0.2, 0) is 9.59 Å². The van der Waals surface area contributed by atoms with Crippen molar-refractivity contribution in [3.8, 4) is 5.75 Å². The first-order valence-electron chi connectivity index (χ1n) is 10.8. The molecule has 2 saturated heterocycles. The minimum Gasteiger partial charge on any atom is -0.495 e. The van der Waals surface area contributed by atoms with E-state index in [2.05, 4.69) is 0 Å². The molecule has 0 saturated carbocycles. The van der Waals surface area contributed by atoms with E-state index in [0.29, 0.717) is 44.2 Å². The first kappa shape index (κ1) is 23.0. The van der Waals surface area contributed by atoms with Crippen molar-refractivity contribution in [3.05, 3.63) is 58.4 Å². The molecule has 2 aromatic carbocycles. The largest absolute Gasteiger partial charge is 0.495 e. The number of benzene rings is 2. The molecule has 1 unspecified atom stereocenters. The second-order valence-electron chi connectivity index (χ2n) is 8.32. The molecule has 0 N–H and O–H groups in total. The van der Waals surface area contributed by atoms with Gasteiger partial charge in [-0.05, 0) is 42.8 Å². The van der Waals surface area contributed by atoms with Gasteiger partial charge in [0.25, 0.3) is 5.91 Å². The number of halogens is 2. The Balaban J connectivity index is 1.39. The van der Waals surface area contributed by atoms with E-state index < -0.39 is 11.7 Å². The summed E-state index contributed by atoms with van der Waals surface area (Å²) in [6, 6.07) is 9.29. The number of amides is 3. The zero-order valence-corrected chi connectivity index (χ0v) is 19.3. The normalized spacial score (nSPS) is 18.6. The van der Waals surface area contributed by atoms with Crippen molar-refractivity contribution >= 4 is 35.0 Å². The molecule has 1 atom stereocenters. The van der Waals surface area contributed by atoms with E-state index in [-0.39, 0.29) is 34.7 Å². The maximum Gasteiger partial charge on any atom is 0.255 e. The van der Waals surface area contributed by atoms with Crippen LogP contribution in [0.1, 0.15) is 22.3 Å². The summed E-state index contributed by atoms with van der Waals surface area (Å²) in [6.45, 7) is 3.64.